The van der Waals surface area contributed by atoms with Gasteiger partial charge in [0.15, 0.2) is 5.13 Å². The third-order valence-corrected chi connectivity index (χ3v) is 3.78. The topological polar surface area (TPSA) is 68.0 Å². The molecule has 1 amide bonds. The van der Waals surface area contributed by atoms with Gasteiger partial charge < -0.3 is 5.73 Å². The minimum atomic E-state index is -0.180. The summed E-state index contributed by atoms with van der Waals surface area (Å²) < 4.78 is 0. The van der Waals surface area contributed by atoms with Gasteiger partial charge in [0.2, 0.25) is 0 Å². The van der Waals surface area contributed by atoms with Crippen LogP contribution >= 0.6 is 22.7 Å². The Labute approximate surface area is 113 Å². The summed E-state index contributed by atoms with van der Waals surface area (Å²) in [6.07, 6.45) is 1.73. The van der Waals surface area contributed by atoms with Crippen molar-refractivity contribution in [3.8, 4) is 11.8 Å². The van der Waals surface area contributed by atoms with Crippen molar-refractivity contribution in [1.29, 1.82) is 0 Å². The van der Waals surface area contributed by atoms with Gasteiger partial charge in [-0.2, -0.15) is 0 Å². The summed E-state index contributed by atoms with van der Waals surface area (Å²) >= 11 is 2.80. The first kappa shape index (κ1) is 12.8. The van der Waals surface area contributed by atoms with Crippen molar-refractivity contribution in [2.45, 2.75) is 6.92 Å². The van der Waals surface area contributed by atoms with Gasteiger partial charge in [0.25, 0.3) is 5.91 Å². The Balaban J connectivity index is 2.16. The molecule has 4 nitrogen and oxygen atoms in total. The first-order chi connectivity index (χ1) is 8.70. The van der Waals surface area contributed by atoms with Crippen molar-refractivity contribution in [1.82, 2.24) is 4.98 Å². The number of carbonyl (C=O) groups excluding carboxylic acids is 1. The number of rotatable bonds is 2. The van der Waals surface area contributed by atoms with E-state index in [4.69, 9.17) is 5.73 Å². The maximum atomic E-state index is 12.0. The molecule has 0 aliphatic rings. The number of amides is 1. The molecule has 92 valence electrons. The molecule has 3 N–H and O–H groups in total. The van der Waals surface area contributed by atoms with E-state index in [-0.39, 0.29) is 12.5 Å². The third-order valence-electron chi connectivity index (χ3n) is 2.04. The van der Waals surface area contributed by atoms with Crippen molar-refractivity contribution in [2.75, 3.05) is 11.9 Å². The van der Waals surface area contributed by atoms with Crippen LogP contribution in [0.1, 0.15) is 20.1 Å². The molecule has 0 saturated heterocycles. The Hall–Kier alpha value is -1.68. The van der Waals surface area contributed by atoms with E-state index >= 15 is 0 Å². The first-order valence-electron chi connectivity index (χ1n) is 5.21. The van der Waals surface area contributed by atoms with Crippen LogP contribution in [0.3, 0.4) is 0 Å². The molecule has 2 rings (SSSR count). The quantitative estimate of drug-likeness (QED) is 0.826. The molecular formula is C12H11N3OS2. The number of thiophene rings is 1. The van der Waals surface area contributed by atoms with Crippen LogP contribution in [0.15, 0.2) is 17.6 Å². The summed E-state index contributed by atoms with van der Waals surface area (Å²) in [5, 5.41) is 5.20. The van der Waals surface area contributed by atoms with Crippen molar-refractivity contribution >= 4 is 33.7 Å². The monoisotopic (exact) mass is 277 g/mol. The Morgan fingerprint density at radius 1 is 1.61 bits per heavy atom. The number of nitrogens with zero attached hydrogens (tertiary/aromatic N) is 1. The number of aromatic nitrogens is 1. The van der Waals surface area contributed by atoms with Crippen molar-refractivity contribution in [2.24, 2.45) is 5.73 Å². The number of thiazole rings is 1. The zero-order chi connectivity index (χ0) is 13.0. The molecule has 2 aromatic rings. The standard InChI is InChI=1S/C12H11N3OS2/c1-8-7-14-12(18-8)15-11(16)10-9(3-2-5-13)4-6-17-10/h4,6-7H,5,13H2,1H3,(H,14,15,16). The molecule has 0 fully saturated rings. The third kappa shape index (κ3) is 2.96. The summed E-state index contributed by atoms with van der Waals surface area (Å²) in [4.78, 5) is 17.8. The maximum absolute atomic E-state index is 12.0. The van der Waals surface area contributed by atoms with Crippen LogP contribution in [0, 0.1) is 18.8 Å². The number of hydrogen-bond acceptors (Lipinski definition) is 5. The predicted molar refractivity (Wildman–Crippen MR) is 75.1 cm³/mol. The second kappa shape index (κ2) is 5.78. The number of nitrogens with two attached hydrogens (primary N) is 1. The van der Waals surface area contributed by atoms with Crippen LogP contribution in [0.2, 0.25) is 0 Å². The second-order valence-corrected chi connectivity index (χ2v) is 5.55. The van der Waals surface area contributed by atoms with Crippen LogP contribution in [-0.4, -0.2) is 17.4 Å². The average Bonchev–Trinajstić information content (AvgIpc) is 2.95. The summed E-state index contributed by atoms with van der Waals surface area (Å²) in [5.74, 6) is 5.45. The zero-order valence-corrected chi connectivity index (χ0v) is 11.3. The van der Waals surface area contributed by atoms with E-state index in [1.54, 1.807) is 6.20 Å². The molecule has 6 heteroatoms. The van der Waals surface area contributed by atoms with Crippen LogP contribution < -0.4 is 11.1 Å². The van der Waals surface area contributed by atoms with Crippen LogP contribution in [-0.2, 0) is 0 Å². The summed E-state index contributed by atoms with van der Waals surface area (Å²) in [6.45, 7) is 2.22. The zero-order valence-electron chi connectivity index (χ0n) is 9.69. The molecule has 0 aliphatic carbocycles. The van der Waals surface area contributed by atoms with Gasteiger partial charge in [0.1, 0.15) is 4.88 Å². The molecule has 0 bridgehead atoms. The van der Waals surface area contributed by atoms with Gasteiger partial charge in [0, 0.05) is 16.6 Å². The van der Waals surface area contributed by atoms with Crippen LogP contribution in [0.25, 0.3) is 0 Å². The maximum Gasteiger partial charge on any atom is 0.268 e. The molecule has 0 spiro atoms. The fraction of sp³-hybridized carbons (Fsp3) is 0.167. The van der Waals surface area contributed by atoms with E-state index in [0.717, 1.165) is 4.88 Å². The van der Waals surface area contributed by atoms with E-state index in [2.05, 4.69) is 22.1 Å². The van der Waals surface area contributed by atoms with E-state index in [9.17, 15) is 4.79 Å². The van der Waals surface area contributed by atoms with E-state index in [1.807, 2.05) is 18.4 Å². The largest absolute Gasteiger partial charge is 0.320 e. The molecule has 0 radical (unpaired) electrons. The molecule has 0 unspecified atom stereocenters. The fourth-order valence-corrected chi connectivity index (χ4v) is 2.70. The predicted octanol–water partition coefficient (Wildman–Crippen LogP) is 2.08. The highest BCUT2D eigenvalue weighted by atomic mass is 32.1. The molecule has 2 aromatic heterocycles. The molecular weight excluding hydrogens is 266 g/mol. The lowest BCUT2D eigenvalue weighted by Crippen LogP contribution is -2.11. The Morgan fingerprint density at radius 3 is 3.11 bits per heavy atom. The fourth-order valence-electron chi connectivity index (χ4n) is 1.30. The first-order valence-corrected chi connectivity index (χ1v) is 6.90. The highest BCUT2D eigenvalue weighted by Crippen LogP contribution is 2.21. The second-order valence-electron chi connectivity index (χ2n) is 3.40. The molecule has 0 aliphatic heterocycles. The summed E-state index contributed by atoms with van der Waals surface area (Å²) in [7, 11) is 0. The molecule has 0 aromatic carbocycles. The van der Waals surface area contributed by atoms with Crippen molar-refractivity contribution < 1.29 is 4.79 Å². The van der Waals surface area contributed by atoms with Gasteiger partial charge in [-0.25, -0.2) is 4.98 Å². The van der Waals surface area contributed by atoms with Gasteiger partial charge >= 0.3 is 0 Å². The Kier molecular flexibility index (Phi) is 4.10. The minimum absolute atomic E-state index is 0.180. The smallest absolute Gasteiger partial charge is 0.268 e. The SMILES string of the molecule is Cc1cnc(NC(=O)c2sccc2C#CCN)s1. The lowest BCUT2D eigenvalue weighted by Gasteiger charge is -1.99. The van der Waals surface area contributed by atoms with Gasteiger partial charge in [-0.1, -0.05) is 11.8 Å². The number of nitrogens with one attached hydrogen (secondary N) is 1. The normalized spacial score (nSPS) is 9.67. The Bertz CT molecular complexity index is 619. The number of aryl methyl sites for hydroxylation is 1. The Morgan fingerprint density at radius 2 is 2.44 bits per heavy atom. The van der Waals surface area contributed by atoms with Gasteiger partial charge in [-0.05, 0) is 18.4 Å². The van der Waals surface area contributed by atoms with Gasteiger partial charge in [-0.3, -0.25) is 10.1 Å². The number of hydrogen-bond donors (Lipinski definition) is 2. The lowest BCUT2D eigenvalue weighted by atomic mass is 10.2. The molecule has 18 heavy (non-hydrogen) atoms. The lowest BCUT2D eigenvalue weighted by molar-refractivity contribution is 0.103. The minimum Gasteiger partial charge on any atom is -0.320 e. The molecule has 2 heterocycles. The van der Waals surface area contributed by atoms with Crippen molar-refractivity contribution in [3.63, 3.8) is 0 Å². The van der Waals surface area contributed by atoms with Gasteiger partial charge in [0.05, 0.1) is 6.54 Å². The highest BCUT2D eigenvalue weighted by molar-refractivity contribution is 7.16. The van der Waals surface area contributed by atoms with Crippen LogP contribution in [0.5, 0.6) is 0 Å². The molecule has 0 saturated carbocycles. The van der Waals surface area contributed by atoms with Crippen molar-refractivity contribution in [3.05, 3.63) is 33.0 Å². The van der Waals surface area contributed by atoms with E-state index < -0.39 is 0 Å². The average molecular weight is 277 g/mol. The van der Waals surface area contributed by atoms with Gasteiger partial charge in [-0.15, -0.1) is 22.7 Å². The van der Waals surface area contributed by atoms with Crippen LogP contribution in [0.4, 0.5) is 5.13 Å². The van der Waals surface area contributed by atoms with E-state index in [1.165, 1.54) is 22.7 Å². The summed E-state index contributed by atoms with van der Waals surface area (Å²) in [5.41, 5.74) is 6.02. The van der Waals surface area contributed by atoms with E-state index in [0.29, 0.717) is 15.6 Å². The number of anilines is 1. The summed E-state index contributed by atoms with van der Waals surface area (Å²) in [6, 6.07) is 1.81. The highest BCUT2D eigenvalue weighted by Gasteiger charge is 2.13. The molecule has 0 atom stereocenters. The number of carbonyl (C=O) groups is 1.